The molecule has 1 saturated heterocycles. The van der Waals surface area contributed by atoms with E-state index in [9.17, 15) is 14.4 Å². The Bertz CT molecular complexity index is 1190. The van der Waals surface area contributed by atoms with E-state index in [1.807, 2.05) is 24.3 Å². The Balaban J connectivity index is 1.45. The van der Waals surface area contributed by atoms with Gasteiger partial charge < -0.3 is 19.5 Å². The second-order valence-corrected chi connectivity index (χ2v) is 8.76. The third kappa shape index (κ3) is 4.24. The Morgan fingerprint density at radius 1 is 1.23 bits per heavy atom. The first kappa shape index (κ1) is 21.2. The molecule has 0 amide bonds. The smallest absolute Gasteiger partial charge is 0.348 e. The number of hydrogen-bond acceptors (Lipinski definition) is 7. The minimum atomic E-state index is -0.445. The first-order valence-electron chi connectivity index (χ1n) is 10.2. The maximum absolute atomic E-state index is 12.6. The number of nitrogens with one attached hydrogen (secondary N) is 2. The fraction of sp³-hybridized carbons (Fsp3) is 0.364. The summed E-state index contributed by atoms with van der Waals surface area (Å²) in [5, 5.41) is 0.461. The Morgan fingerprint density at radius 3 is 2.52 bits per heavy atom. The number of carbonyl (C=O) groups excluding carboxylic acids is 2. The quantitative estimate of drug-likeness (QED) is 0.456. The summed E-state index contributed by atoms with van der Waals surface area (Å²) in [6, 6.07) is 7.72. The Labute approximate surface area is 183 Å². The highest BCUT2D eigenvalue weighted by atomic mass is 32.1. The van der Waals surface area contributed by atoms with Gasteiger partial charge in [-0.2, -0.15) is 0 Å². The van der Waals surface area contributed by atoms with Gasteiger partial charge in [-0.3, -0.25) is 9.59 Å². The molecule has 0 saturated carbocycles. The van der Waals surface area contributed by atoms with E-state index in [4.69, 9.17) is 4.74 Å². The van der Waals surface area contributed by atoms with E-state index in [0.29, 0.717) is 33.0 Å². The number of benzene rings is 1. The van der Waals surface area contributed by atoms with Crippen LogP contribution in [0.2, 0.25) is 0 Å². The van der Waals surface area contributed by atoms with Crippen LogP contribution in [0.1, 0.15) is 38.3 Å². The molecule has 1 aliphatic heterocycles. The molecule has 162 valence electrons. The number of piperazine rings is 1. The number of anilines is 1. The van der Waals surface area contributed by atoms with E-state index in [1.54, 1.807) is 13.8 Å². The number of quaternary nitrogens is 1. The zero-order valence-corrected chi connectivity index (χ0v) is 18.6. The summed E-state index contributed by atoms with van der Waals surface area (Å²) in [6.45, 7) is 7.51. The van der Waals surface area contributed by atoms with Crippen LogP contribution in [-0.4, -0.2) is 55.0 Å². The number of ether oxygens (including phenoxy) is 1. The molecule has 0 unspecified atom stereocenters. The average Bonchev–Trinajstić information content (AvgIpc) is 3.10. The molecule has 0 bridgehead atoms. The summed E-state index contributed by atoms with van der Waals surface area (Å²) in [7, 11) is 1.33. The lowest BCUT2D eigenvalue weighted by Gasteiger charge is -2.33. The fourth-order valence-corrected chi connectivity index (χ4v) is 5.08. The third-order valence-corrected chi connectivity index (χ3v) is 6.91. The van der Waals surface area contributed by atoms with Gasteiger partial charge in [0.1, 0.15) is 16.3 Å². The van der Waals surface area contributed by atoms with Crippen LogP contribution in [0.4, 0.5) is 5.69 Å². The Morgan fingerprint density at radius 2 is 1.90 bits per heavy atom. The predicted molar refractivity (Wildman–Crippen MR) is 119 cm³/mol. The van der Waals surface area contributed by atoms with Gasteiger partial charge in [0.2, 0.25) is 0 Å². The minimum Gasteiger partial charge on any atom is -0.465 e. The van der Waals surface area contributed by atoms with Crippen molar-refractivity contribution in [3.05, 3.63) is 56.4 Å². The van der Waals surface area contributed by atoms with Crippen molar-refractivity contribution in [3.63, 3.8) is 0 Å². The lowest BCUT2D eigenvalue weighted by atomic mass is 10.1. The lowest BCUT2D eigenvalue weighted by molar-refractivity contribution is -0.915. The number of rotatable bonds is 5. The number of aromatic amines is 1. The monoisotopic (exact) mass is 441 g/mol. The van der Waals surface area contributed by atoms with Gasteiger partial charge in [0.05, 0.1) is 38.7 Å². The molecular weight excluding hydrogens is 416 g/mol. The lowest BCUT2D eigenvalue weighted by Crippen LogP contribution is -3.13. The summed E-state index contributed by atoms with van der Waals surface area (Å²) < 4.78 is 4.81. The van der Waals surface area contributed by atoms with Gasteiger partial charge in [0.25, 0.3) is 5.56 Å². The highest BCUT2D eigenvalue weighted by Crippen LogP contribution is 2.27. The summed E-state index contributed by atoms with van der Waals surface area (Å²) >= 11 is 1.20. The van der Waals surface area contributed by atoms with Crippen molar-refractivity contribution >= 4 is 39.0 Å². The maximum atomic E-state index is 12.6. The molecule has 3 heterocycles. The number of aryl methyl sites for hydroxylation is 1. The predicted octanol–water partition coefficient (Wildman–Crippen LogP) is 1.19. The van der Waals surface area contributed by atoms with E-state index >= 15 is 0 Å². The second-order valence-electron chi connectivity index (χ2n) is 7.76. The van der Waals surface area contributed by atoms with Gasteiger partial charge >= 0.3 is 5.97 Å². The number of ketones is 1. The van der Waals surface area contributed by atoms with Gasteiger partial charge in [-0.25, -0.2) is 9.78 Å². The highest BCUT2D eigenvalue weighted by molar-refractivity contribution is 7.20. The largest absolute Gasteiger partial charge is 0.465 e. The van der Waals surface area contributed by atoms with E-state index in [-0.39, 0.29) is 11.3 Å². The third-order valence-electron chi connectivity index (χ3n) is 5.75. The minimum absolute atomic E-state index is 0.0684. The average molecular weight is 442 g/mol. The first-order chi connectivity index (χ1) is 14.9. The summed E-state index contributed by atoms with van der Waals surface area (Å²) in [4.78, 5) is 48.1. The number of thiophene rings is 1. The van der Waals surface area contributed by atoms with Gasteiger partial charge in [-0.05, 0) is 43.7 Å². The van der Waals surface area contributed by atoms with E-state index in [0.717, 1.165) is 37.4 Å². The topological polar surface area (TPSA) is 96.8 Å². The molecule has 0 spiro atoms. The molecule has 1 aliphatic rings. The number of carbonyl (C=O) groups is 2. The Hall–Kier alpha value is -3.04. The molecule has 8 nitrogen and oxygen atoms in total. The van der Waals surface area contributed by atoms with Crippen LogP contribution in [0.3, 0.4) is 0 Å². The van der Waals surface area contributed by atoms with Crippen LogP contribution >= 0.6 is 11.3 Å². The summed E-state index contributed by atoms with van der Waals surface area (Å²) in [5.41, 5.74) is 2.23. The molecular formula is C22H25N4O4S+. The van der Waals surface area contributed by atoms with Crippen LogP contribution in [0, 0.1) is 6.92 Å². The number of fused-ring (bicyclic) bond motifs is 1. The van der Waals surface area contributed by atoms with E-state index in [1.165, 1.54) is 23.3 Å². The molecule has 2 N–H and O–H groups in total. The Kier molecular flexibility index (Phi) is 5.88. The van der Waals surface area contributed by atoms with Crippen molar-refractivity contribution < 1.29 is 19.2 Å². The van der Waals surface area contributed by atoms with Crippen molar-refractivity contribution in [2.24, 2.45) is 0 Å². The first-order valence-corrected chi connectivity index (χ1v) is 11.0. The number of aromatic nitrogens is 2. The number of nitrogens with zero attached hydrogens (tertiary/aromatic N) is 2. The maximum Gasteiger partial charge on any atom is 0.348 e. The number of H-pyrrole nitrogens is 1. The molecule has 0 atom stereocenters. The fourth-order valence-electron chi connectivity index (χ4n) is 3.96. The molecule has 0 aliphatic carbocycles. The van der Waals surface area contributed by atoms with Crippen molar-refractivity contribution in [1.82, 2.24) is 9.97 Å². The van der Waals surface area contributed by atoms with Gasteiger partial charge in [-0.15, -0.1) is 11.3 Å². The van der Waals surface area contributed by atoms with Crippen LogP contribution in [0.25, 0.3) is 10.2 Å². The molecule has 1 aromatic carbocycles. The van der Waals surface area contributed by atoms with Gasteiger partial charge in [0.15, 0.2) is 11.6 Å². The SMILES string of the molecule is COC(=O)c1sc2nc(C[NH+]3CCN(c4ccc(C(C)=O)cc4)CC3)[nH]c(=O)c2c1C. The standard InChI is InChI=1S/C22H24N4O4S/c1-13-18-20(28)23-17(24-21(18)31-19(13)22(29)30-3)12-25-8-10-26(11-9-25)16-6-4-15(5-7-16)14(2)27/h4-7H,8-12H2,1-3H3,(H,23,24,28)/p+1. The number of Topliss-reactive ketones (excluding diaryl/α,β-unsaturated/α-hetero) is 1. The molecule has 2 aromatic heterocycles. The van der Waals surface area contributed by atoms with Crippen molar-refractivity contribution in [3.8, 4) is 0 Å². The molecule has 3 aromatic rings. The summed E-state index contributed by atoms with van der Waals surface area (Å²) in [6.07, 6.45) is 0. The number of esters is 1. The van der Waals surface area contributed by atoms with Crippen molar-refractivity contribution in [2.75, 3.05) is 38.2 Å². The van der Waals surface area contributed by atoms with Crippen LogP contribution in [-0.2, 0) is 11.3 Å². The molecule has 9 heteroatoms. The normalized spacial score (nSPS) is 14.7. The number of methoxy groups -OCH3 is 1. The molecule has 1 fully saturated rings. The highest BCUT2D eigenvalue weighted by Gasteiger charge is 2.23. The van der Waals surface area contributed by atoms with E-state index < -0.39 is 5.97 Å². The van der Waals surface area contributed by atoms with Crippen molar-refractivity contribution in [2.45, 2.75) is 20.4 Å². The van der Waals surface area contributed by atoms with Crippen LogP contribution in [0.15, 0.2) is 29.1 Å². The molecule has 0 radical (unpaired) electrons. The molecule has 31 heavy (non-hydrogen) atoms. The zero-order chi connectivity index (χ0) is 22.1. The van der Waals surface area contributed by atoms with Crippen LogP contribution < -0.4 is 15.4 Å². The van der Waals surface area contributed by atoms with Crippen molar-refractivity contribution in [1.29, 1.82) is 0 Å². The van der Waals surface area contributed by atoms with Gasteiger partial charge in [-0.1, -0.05) is 0 Å². The molecule has 4 rings (SSSR count). The summed E-state index contributed by atoms with van der Waals surface area (Å²) in [5.74, 6) is 0.253. The van der Waals surface area contributed by atoms with E-state index in [2.05, 4.69) is 14.9 Å². The van der Waals surface area contributed by atoms with Crippen LogP contribution in [0.5, 0.6) is 0 Å². The van der Waals surface area contributed by atoms with Gasteiger partial charge in [0, 0.05) is 11.3 Å². The zero-order valence-electron chi connectivity index (χ0n) is 17.8. The second kappa shape index (κ2) is 8.60. The number of hydrogen-bond donors (Lipinski definition) is 2.